The molecule has 0 spiro atoms. The van der Waals surface area contributed by atoms with Gasteiger partial charge in [-0.3, -0.25) is 4.46 Å². The molecular formula is H4CaO3SiZn. The van der Waals surface area contributed by atoms with Crippen molar-refractivity contribution in [3.8, 4) is 0 Å². The first-order valence-electron chi connectivity index (χ1n) is 0.651. The maximum Gasteiger partial charge on any atom is 0 e. The van der Waals surface area contributed by atoms with Crippen LogP contribution in [0.1, 0.15) is 0 Å². The minimum absolute atomic E-state index is 0. The van der Waals surface area contributed by atoms with Crippen LogP contribution in [0.4, 0.5) is 0 Å². The van der Waals surface area contributed by atoms with E-state index in [1.165, 1.54) is 0 Å². The van der Waals surface area contributed by atoms with E-state index < -0.39 is 9.17 Å². The first kappa shape index (κ1) is 15.6. The van der Waals surface area contributed by atoms with Crippen molar-refractivity contribution in [1.29, 1.82) is 0 Å². The first-order valence-corrected chi connectivity index (χ1v) is 1.95. The maximum atomic E-state index is 8.74. The van der Waals surface area contributed by atoms with Crippen molar-refractivity contribution in [2.24, 2.45) is 0 Å². The third kappa shape index (κ3) is 49.5. The zero-order valence-electron chi connectivity index (χ0n) is 2.51. The van der Waals surface area contributed by atoms with Crippen molar-refractivity contribution in [3.63, 3.8) is 0 Å². The average molecular weight is 186 g/mol. The van der Waals surface area contributed by atoms with Crippen LogP contribution in [0.5, 0.6) is 0 Å². The molecule has 0 amide bonds. The molecule has 0 fully saturated rings. The van der Waals surface area contributed by atoms with Gasteiger partial charge in [0.05, 0.1) is 0 Å². The Balaban J connectivity index is -0.0000000450. The SMILES string of the molecule is O=[Si](O)O.[CaH2].[Zn]. The van der Waals surface area contributed by atoms with Crippen LogP contribution in [0, 0.1) is 0 Å². The van der Waals surface area contributed by atoms with Crippen molar-refractivity contribution in [3.05, 3.63) is 0 Å². The van der Waals surface area contributed by atoms with E-state index in [-0.39, 0.29) is 57.2 Å². The Morgan fingerprint density at radius 3 is 1.33 bits per heavy atom. The minimum atomic E-state index is -3.13. The summed E-state index contributed by atoms with van der Waals surface area (Å²) in [6.07, 6.45) is 0. The standard InChI is InChI=1S/Ca.H2O3Si.Zn.2H/c;1-4(2)3;;;/h;1-2H;;;. The number of hydrogen-bond donors (Lipinski definition) is 2. The fourth-order valence-electron chi connectivity index (χ4n) is 0. The van der Waals surface area contributed by atoms with Gasteiger partial charge in [-0.2, -0.15) is 0 Å². The molecule has 0 aliphatic heterocycles. The molecule has 6 heteroatoms. The molecular weight excluding hydrogens is 182 g/mol. The third-order valence-corrected chi connectivity index (χ3v) is 0. The van der Waals surface area contributed by atoms with E-state index >= 15 is 0 Å². The van der Waals surface area contributed by atoms with Gasteiger partial charge in [-0.15, -0.1) is 0 Å². The van der Waals surface area contributed by atoms with Crippen LogP contribution in [0.3, 0.4) is 0 Å². The molecule has 0 aromatic carbocycles. The van der Waals surface area contributed by atoms with Gasteiger partial charge >= 0.3 is 46.9 Å². The smallest absolute Gasteiger partial charge is 0 e. The van der Waals surface area contributed by atoms with Gasteiger partial charge in [0.25, 0.3) is 0 Å². The molecule has 3 nitrogen and oxygen atoms in total. The summed E-state index contributed by atoms with van der Waals surface area (Å²) in [5.74, 6) is 0. The number of rotatable bonds is 0. The second kappa shape index (κ2) is 9.71. The second-order valence-corrected chi connectivity index (χ2v) is 0.848. The third-order valence-electron chi connectivity index (χ3n) is 0. The van der Waals surface area contributed by atoms with Gasteiger partial charge < -0.3 is 9.59 Å². The summed E-state index contributed by atoms with van der Waals surface area (Å²) >= 11 is 0. The van der Waals surface area contributed by atoms with E-state index in [9.17, 15) is 0 Å². The normalized spacial score (nSPS) is 4.00. The monoisotopic (exact) mass is 184 g/mol. The molecule has 0 bridgehead atoms. The summed E-state index contributed by atoms with van der Waals surface area (Å²) in [6.45, 7) is 0. The summed E-state index contributed by atoms with van der Waals surface area (Å²) in [5.41, 5.74) is 0. The van der Waals surface area contributed by atoms with Crippen molar-refractivity contribution in [2.75, 3.05) is 0 Å². The Morgan fingerprint density at radius 1 is 1.33 bits per heavy atom. The summed E-state index contributed by atoms with van der Waals surface area (Å²) in [4.78, 5) is 14.3. The molecule has 6 heavy (non-hydrogen) atoms. The van der Waals surface area contributed by atoms with Crippen LogP contribution >= 0.6 is 0 Å². The van der Waals surface area contributed by atoms with E-state index in [0.29, 0.717) is 0 Å². The van der Waals surface area contributed by atoms with E-state index in [0.717, 1.165) is 0 Å². The van der Waals surface area contributed by atoms with Crippen molar-refractivity contribution < 1.29 is 33.5 Å². The van der Waals surface area contributed by atoms with Crippen LogP contribution in [-0.4, -0.2) is 56.5 Å². The number of hydrogen-bond acceptors (Lipinski definition) is 1. The average Bonchev–Trinajstić information content (AvgIpc) is 0.811. The van der Waals surface area contributed by atoms with Crippen LogP contribution in [0.2, 0.25) is 0 Å². The fraction of sp³-hybridized carbons (Fsp3) is 0. The van der Waals surface area contributed by atoms with Gasteiger partial charge in [0.2, 0.25) is 0 Å². The zero-order valence-corrected chi connectivity index (χ0v) is 6.48. The van der Waals surface area contributed by atoms with Crippen molar-refractivity contribution in [2.45, 2.75) is 0 Å². The van der Waals surface area contributed by atoms with Gasteiger partial charge in [0.1, 0.15) is 0 Å². The summed E-state index contributed by atoms with van der Waals surface area (Å²) < 4.78 is 8.74. The van der Waals surface area contributed by atoms with E-state index in [1.807, 2.05) is 0 Å². The van der Waals surface area contributed by atoms with Crippen LogP contribution in [0.15, 0.2) is 0 Å². The second-order valence-electron chi connectivity index (χ2n) is 0.283. The summed E-state index contributed by atoms with van der Waals surface area (Å²) in [7, 11) is -3.13. The molecule has 0 aliphatic rings. The molecule has 0 saturated carbocycles. The summed E-state index contributed by atoms with van der Waals surface area (Å²) in [5, 5.41) is 0. The zero-order chi connectivity index (χ0) is 3.58. The van der Waals surface area contributed by atoms with Crippen LogP contribution < -0.4 is 0 Å². The van der Waals surface area contributed by atoms with E-state index in [1.54, 1.807) is 0 Å². The molecule has 0 heterocycles. The quantitative estimate of drug-likeness (QED) is 0.409. The van der Waals surface area contributed by atoms with Crippen LogP contribution in [0.25, 0.3) is 0 Å². The molecule has 0 saturated heterocycles. The Labute approximate surface area is 79.4 Å². The Morgan fingerprint density at radius 2 is 1.33 bits per heavy atom. The fourth-order valence-corrected chi connectivity index (χ4v) is 0. The van der Waals surface area contributed by atoms with Gasteiger partial charge in [-0.05, 0) is 0 Å². The Hall–Kier alpha value is 1.50. The van der Waals surface area contributed by atoms with Crippen molar-refractivity contribution >= 4 is 46.9 Å². The predicted molar refractivity (Wildman–Crippen MR) is 19.4 cm³/mol. The predicted octanol–water partition coefficient (Wildman–Crippen LogP) is -2.53. The largest absolute Gasteiger partial charge is 0 e. The van der Waals surface area contributed by atoms with E-state index in [4.69, 9.17) is 14.1 Å². The van der Waals surface area contributed by atoms with Crippen LogP contribution in [-0.2, 0) is 23.9 Å². The molecule has 30 valence electrons. The van der Waals surface area contributed by atoms with Gasteiger partial charge in [0, 0.05) is 19.5 Å². The molecule has 0 unspecified atom stereocenters. The van der Waals surface area contributed by atoms with Gasteiger partial charge in [0.15, 0.2) is 0 Å². The topological polar surface area (TPSA) is 57.5 Å². The molecule has 0 aromatic heterocycles. The molecule has 0 aliphatic carbocycles. The molecule has 2 N–H and O–H groups in total. The molecule has 0 atom stereocenters. The van der Waals surface area contributed by atoms with E-state index in [2.05, 4.69) is 0 Å². The molecule has 0 aromatic rings. The Kier molecular flexibility index (Phi) is 25.3. The summed E-state index contributed by atoms with van der Waals surface area (Å²) in [6, 6.07) is 0. The molecule has 0 radical (unpaired) electrons. The van der Waals surface area contributed by atoms with Crippen molar-refractivity contribution in [1.82, 2.24) is 0 Å². The minimum Gasteiger partial charge on any atom is 0 e. The maximum absolute atomic E-state index is 8.74. The Bertz CT molecular complexity index is 33.8. The first-order chi connectivity index (χ1) is 1.73. The van der Waals surface area contributed by atoms with Gasteiger partial charge in [-0.1, -0.05) is 0 Å². The molecule has 0 rings (SSSR count). The van der Waals surface area contributed by atoms with Gasteiger partial charge in [-0.25, -0.2) is 0 Å².